The summed E-state index contributed by atoms with van der Waals surface area (Å²) in [6.45, 7) is 0.791. The minimum atomic E-state index is -0.0395. The Morgan fingerprint density at radius 1 is 1.10 bits per heavy atom. The maximum Gasteiger partial charge on any atom is 0.130 e. The smallest absolute Gasteiger partial charge is 0.130 e. The fourth-order valence-electron chi connectivity index (χ4n) is 2.36. The Labute approximate surface area is 129 Å². The van der Waals surface area contributed by atoms with Crippen molar-refractivity contribution >= 4 is 17.5 Å². The van der Waals surface area contributed by atoms with Gasteiger partial charge in [0.25, 0.3) is 0 Å². The quantitative estimate of drug-likeness (QED) is 0.938. The third-order valence-corrected chi connectivity index (χ3v) is 4.41. The minimum absolute atomic E-state index is 0.0395. The highest BCUT2D eigenvalue weighted by atomic mass is 32.2. The summed E-state index contributed by atoms with van der Waals surface area (Å²) in [5.41, 5.74) is 9.79. The summed E-state index contributed by atoms with van der Waals surface area (Å²) in [5, 5.41) is 2.14. The topological polar surface area (TPSA) is 38.5 Å². The van der Waals surface area contributed by atoms with Gasteiger partial charge in [0.2, 0.25) is 0 Å². The molecule has 0 saturated heterocycles. The number of thioether (sulfide) groups is 1. The van der Waals surface area contributed by atoms with E-state index >= 15 is 0 Å². The van der Waals surface area contributed by atoms with Crippen molar-refractivity contribution in [1.82, 2.24) is 4.90 Å². The first-order valence-electron chi connectivity index (χ1n) is 6.84. The average molecular weight is 298 g/mol. The van der Waals surface area contributed by atoms with Crippen molar-refractivity contribution in [3.8, 4) is 5.75 Å². The second kappa shape index (κ2) is 6.24. The Hall–Kier alpha value is -1.91. The van der Waals surface area contributed by atoms with Crippen molar-refractivity contribution < 1.29 is 4.74 Å². The van der Waals surface area contributed by atoms with Crippen LogP contribution >= 0.6 is 11.8 Å². The third-order valence-electron chi connectivity index (χ3n) is 3.52. The zero-order valence-corrected chi connectivity index (χ0v) is 12.7. The lowest BCUT2D eigenvalue weighted by molar-refractivity contribution is 0.379. The summed E-state index contributed by atoms with van der Waals surface area (Å²) in [4.78, 5) is 2.22. The van der Waals surface area contributed by atoms with Gasteiger partial charge in [-0.2, -0.15) is 0 Å². The molecule has 2 aromatic carbocycles. The van der Waals surface area contributed by atoms with Gasteiger partial charge in [-0.1, -0.05) is 54.2 Å². The van der Waals surface area contributed by atoms with Crippen molar-refractivity contribution in [2.75, 3.05) is 7.11 Å². The molecule has 0 saturated carbocycles. The predicted octanol–water partition coefficient (Wildman–Crippen LogP) is 3.48. The molecule has 1 aliphatic heterocycles. The molecule has 0 bridgehead atoms. The van der Waals surface area contributed by atoms with Crippen LogP contribution in [0, 0.1) is 0 Å². The number of nitrogens with zero attached hydrogens (tertiary/aromatic N) is 1. The Morgan fingerprint density at radius 2 is 1.81 bits per heavy atom. The van der Waals surface area contributed by atoms with Crippen LogP contribution in [0.5, 0.6) is 5.75 Å². The highest BCUT2D eigenvalue weighted by Gasteiger charge is 2.24. The number of ether oxygens (including phenoxy) is 1. The molecule has 0 aromatic heterocycles. The summed E-state index contributed by atoms with van der Waals surface area (Å²) in [6.07, 6.45) is 0. The fourth-order valence-corrected chi connectivity index (χ4v) is 3.23. The first-order chi connectivity index (χ1) is 10.3. The van der Waals surface area contributed by atoms with E-state index in [9.17, 15) is 0 Å². The summed E-state index contributed by atoms with van der Waals surface area (Å²) in [7, 11) is 1.68. The van der Waals surface area contributed by atoms with Gasteiger partial charge in [0.1, 0.15) is 11.2 Å². The lowest BCUT2D eigenvalue weighted by Crippen LogP contribution is -2.34. The molecule has 3 rings (SSSR count). The van der Waals surface area contributed by atoms with E-state index in [0.717, 1.165) is 12.3 Å². The largest absolute Gasteiger partial charge is 0.497 e. The van der Waals surface area contributed by atoms with E-state index in [-0.39, 0.29) is 5.50 Å². The molecular formula is C17H18N2OS. The molecule has 108 valence electrons. The molecule has 1 heterocycles. The van der Waals surface area contributed by atoms with Gasteiger partial charge in [0, 0.05) is 6.54 Å². The zero-order chi connectivity index (χ0) is 14.7. The number of rotatable bonds is 4. The minimum Gasteiger partial charge on any atom is -0.497 e. The molecule has 1 atom stereocenters. The first kappa shape index (κ1) is 14.0. The molecule has 0 fully saturated rings. The standard InChI is InChI=1S/C17H18N2OS/c1-20-15-9-7-13(8-10-15)11-19-16(12-21-17(19)18)14-5-3-2-4-6-14/h2-10,12,17H,11,18H2,1H3. The van der Waals surface area contributed by atoms with Crippen LogP contribution < -0.4 is 10.5 Å². The SMILES string of the molecule is COc1ccc(CN2C(c3ccccc3)=CSC2N)cc1. The van der Waals surface area contributed by atoms with Gasteiger partial charge in [-0.3, -0.25) is 0 Å². The van der Waals surface area contributed by atoms with Gasteiger partial charge < -0.3 is 15.4 Å². The molecule has 21 heavy (non-hydrogen) atoms. The molecule has 3 nitrogen and oxygen atoms in total. The van der Waals surface area contributed by atoms with Gasteiger partial charge in [-0.25, -0.2) is 0 Å². The Bertz CT molecular complexity index is 625. The number of nitrogens with two attached hydrogens (primary N) is 1. The molecule has 0 spiro atoms. The second-order valence-electron chi connectivity index (χ2n) is 4.87. The summed E-state index contributed by atoms with van der Waals surface area (Å²) in [6, 6.07) is 18.5. The highest BCUT2D eigenvalue weighted by Crippen LogP contribution is 2.35. The molecule has 2 aromatic rings. The van der Waals surface area contributed by atoms with E-state index in [0.29, 0.717) is 0 Å². The molecule has 0 aliphatic carbocycles. The summed E-state index contributed by atoms with van der Waals surface area (Å²) < 4.78 is 5.20. The lowest BCUT2D eigenvalue weighted by atomic mass is 10.1. The summed E-state index contributed by atoms with van der Waals surface area (Å²) >= 11 is 1.65. The lowest BCUT2D eigenvalue weighted by Gasteiger charge is -2.26. The van der Waals surface area contributed by atoms with E-state index < -0.39 is 0 Å². The molecule has 0 amide bonds. The van der Waals surface area contributed by atoms with Crippen LogP contribution in [-0.4, -0.2) is 17.5 Å². The normalized spacial score (nSPS) is 17.7. The first-order valence-corrected chi connectivity index (χ1v) is 7.78. The van der Waals surface area contributed by atoms with Crippen LogP contribution in [0.25, 0.3) is 5.70 Å². The molecule has 0 radical (unpaired) electrons. The van der Waals surface area contributed by atoms with E-state index in [1.165, 1.54) is 16.8 Å². The Morgan fingerprint density at radius 3 is 2.48 bits per heavy atom. The Balaban J connectivity index is 1.80. The van der Waals surface area contributed by atoms with Crippen molar-refractivity contribution in [3.05, 3.63) is 71.1 Å². The monoisotopic (exact) mass is 298 g/mol. The van der Waals surface area contributed by atoms with Gasteiger partial charge in [0.05, 0.1) is 12.8 Å². The van der Waals surface area contributed by atoms with Crippen LogP contribution in [0.1, 0.15) is 11.1 Å². The van der Waals surface area contributed by atoms with Gasteiger partial charge in [-0.15, -0.1) is 0 Å². The van der Waals surface area contributed by atoms with E-state index in [2.05, 4.69) is 46.7 Å². The molecule has 1 aliphatic rings. The van der Waals surface area contributed by atoms with Crippen molar-refractivity contribution in [3.63, 3.8) is 0 Å². The van der Waals surface area contributed by atoms with E-state index in [1.807, 2.05) is 18.2 Å². The van der Waals surface area contributed by atoms with Crippen LogP contribution in [-0.2, 0) is 6.54 Å². The van der Waals surface area contributed by atoms with Crippen LogP contribution in [0.15, 0.2) is 60.0 Å². The average Bonchev–Trinajstić information content (AvgIpc) is 2.90. The van der Waals surface area contributed by atoms with Crippen LogP contribution in [0.2, 0.25) is 0 Å². The van der Waals surface area contributed by atoms with Crippen molar-refractivity contribution in [2.24, 2.45) is 5.73 Å². The zero-order valence-electron chi connectivity index (χ0n) is 11.9. The Kier molecular flexibility index (Phi) is 4.18. The van der Waals surface area contributed by atoms with Crippen molar-refractivity contribution in [1.29, 1.82) is 0 Å². The summed E-state index contributed by atoms with van der Waals surface area (Å²) in [5.74, 6) is 0.873. The van der Waals surface area contributed by atoms with Gasteiger partial charge in [-0.05, 0) is 28.7 Å². The number of benzene rings is 2. The third kappa shape index (κ3) is 3.06. The maximum absolute atomic E-state index is 6.22. The van der Waals surface area contributed by atoms with Crippen LogP contribution in [0.3, 0.4) is 0 Å². The van der Waals surface area contributed by atoms with Crippen LogP contribution in [0.4, 0.5) is 0 Å². The van der Waals surface area contributed by atoms with E-state index in [4.69, 9.17) is 10.5 Å². The highest BCUT2D eigenvalue weighted by molar-refractivity contribution is 8.03. The number of hydrogen-bond acceptors (Lipinski definition) is 4. The molecule has 1 unspecified atom stereocenters. The van der Waals surface area contributed by atoms with Crippen molar-refractivity contribution in [2.45, 2.75) is 12.0 Å². The molecule has 4 heteroatoms. The predicted molar refractivity (Wildman–Crippen MR) is 88.5 cm³/mol. The van der Waals surface area contributed by atoms with Gasteiger partial charge >= 0.3 is 0 Å². The number of methoxy groups -OCH3 is 1. The van der Waals surface area contributed by atoms with E-state index in [1.54, 1.807) is 18.9 Å². The van der Waals surface area contributed by atoms with Gasteiger partial charge in [0.15, 0.2) is 0 Å². The number of hydrogen-bond donors (Lipinski definition) is 1. The fraction of sp³-hybridized carbons (Fsp3) is 0.176. The second-order valence-corrected chi connectivity index (χ2v) is 5.86. The molecular weight excluding hydrogens is 280 g/mol. The maximum atomic E-state index is 6.22. The molecule has 2 N–H and O–H groups in total.